The van der Waals surface area contributed by atoms with Crippen molar-refractivity contribution in [2.24, 2.45) is 0 Å². The van der Waals surface area contributed by atoms with Gasteiger partial charge < -0.3 is 5.73 Å². The van der Waals surface area contributed by atoms with E-state index in [9.17, 15) is 0 Å². The molecule has 3 aromatic rings. The van der Waals surface area contributed by atoms with Crippen LogP contribution in [-0.4, -0.2) is 14.8 Å². The van der Waals surface area contributed by atoms with Crippen molar-refractivity contribution in [3.05, 3.63) is 38.9 Å². The Morgan fingerprint density at radius 2 is 2.28 bits per heavy atom. The predicted molar refractivity (Wildman–Crippen MR) is 77.8 cm³/mol. The fourth-order valence-corrected chi connectivity index (χ4v) is 3.31. The van der Waals surface area contributed by atoms with Crippen molar-refractivity contribution in [2.75, 3.05) is 5.73 Å². The lowest BCUT2D eigenvalue weighted by molar-refractivity contribution is 0.701. The quantitative estimate of drug-likeness (QED) is 0.737. The van der Waals surface area contributed by atoms with Gasteiger partial charge in [0.2, 0.25) is 0 Å². The van der Waals surface area contributed by atoms with E-state index in [1.54, 1.807) is 11.3 Å². The Morgan fingerprint density at radius 3 is 3.00 bits per heavy atom. The van der Waals surface area contributed by atoms with E-state index in [-0.39, 0.29) is 0 Å². The zero-order valence-electron chi connectivity index (χ0n) is 9.72. The number of hydrogen-bond donors (Lipinski definition) is 1. The second-order valence-electron chi connectivity index (χ2n) is 4.07. The highest BCUT2D eigenvalue weighted by Gasteiger charge is 2.12. The number of thiazole rings is 1. The summed E-state index contributed by atoms with van der Waals surface area (Å²) in [5, 5.41) is 8.53. The first-order valence-electron chi connectivity index (χ1n) is 5.46. The number of nitrogens with two attached hydrogens (primary N) is 1. The molecular weight excluding hydrogens is 312 g/mol. The third kappa shape index (κ3) is 1.91. The maximum absolute atomic E-state index is 5.97. The summed E-state index contributed by atoms with van der Waals surface area (Å²) in [7, 11) is 0. The van der Waals surface area contributed by atoms with E-state index in [2.05, 4.69) is 26.0 Å². The van der Waals surface area contributed by atoms with E-state index in [0.29, 0.717) is 6.54 Å². The highest BCUT2D eigenvalue weighted by atomic mass is 79.9. The summed E-state index contributed by atoms with van der Waals surface area (Å²) in [5.74, 6) is 0. The molecule has 0 atom stereocenters. The Bertz CT molecular complexity index is 716. The van der Waals surface area contributed by atoms with E-state index in [4.69, 9.17) is 5.73 Å². The first kappa shape index (κ1) is 11.7. The summed E-state index contributed by atoms with van der Waals surface area (Å²) < 4.78 is 2.71. The van der Waals surface area contributed by atoms with Gasteiger partial charge in [-0.3, -0.25) is 4.68 Å². The third-order valence-corrected chi connectivity index (χ3v) is 4.23. The monoisotopic (exact) mass is 322 g/mol. The number of halogens is 1. The zero-order chi connectivity index (χ0) is 12.7. The van der Waals surface area contributed by atoms with Crippen molar-refractivity contribution in [1.29, 1.82) is 0 Å². The number of aryl methyl sites for hydroxylation is 1. The Kier molecular flexibility index (Phi) is 2.83. The molecule has 0 bridgehead atoms. The number of nitrogens with zero attached hydrogens (tertiary/aromatic N) is 3. The second kappa shape index (κ2) is 4.37. The van der Waals surface area contributed by atoms with E-state index >= 15 is 0 Å². The molecular formula is C12H11BrN4S. The van der Waals surface area contributed by atoms with E-state index < -0.39 is 0 Å². The normalized spacial score (nSPS) is 11.2. The van der Waals surface area contributed by atoms with Crippen LogP contribution in [-0.2, 0) is 6.54 Å². The lowest BCUT2D eigenvalue weighted by Crippen LogP contribution is -2.01. The van der Waals surface area contributed by atoms with Gasteiger partial charge in [-0.25, -0.2) is 4.98 Å². The van der Waals surface area contributed by atoms with Gasteiger partial charge in [0.1, 0.15) is 9.61 Å². The SMILES string of the molecule is Cc1csc(Cn2nc(Br)c3c(N)cccc32)n1. The summed E-state index contributed by atoms with van der Waals surface area (Å²) >= 11 is 5.11. The number of anilines is 1. The van der Waals surface area contributed by atoms with Gasteiger partial charge in [0.05, 0.1) is 17.4 Å². The highest BCUT2D eigenvalue weighted by Crippen LogP contribution is 2.29. The maximum Gasteiger partial charge on any atom is 0.138 e. The van der Waals surface area contributed by atoms with Gasteiger partial charge in [-0.1, -0.05) is 6.07 Å². The van der Waals surface area contributed by atoms with Crippen molar-refractivity contribution >= 4 is 43.9 Å². The minimum Gasteiger partial charge on any atom is -0.398 e. The minimum absolute atomic E-state index is 0.671. The molecule has 3 rings (SSSR count). The molecule has 0 aliphatic heterocycles. The molecule has 0 radical (unpaired) electrons. The number of hydrogen-bond acceptors (Lipinski definition) is 4. The molecule has 92 valence electrons. The molecule has 2 N–H and O–H groups in total. The smallest absolute Gasteiger partial charge is 0.138 e. The number of nitrogen functional groups attached to an aromatic ring is 1. The summed E-state index contributed by atoms with van der Waals surface area (Å²) in [6, 6.07) is 5.84. The van der Waals surface area contributed by atoms with Crippen LogP contribution in [0.15, 0.2) is 28.2 Å². The molecule has 2 heterocycles. The Morgan fingerprint density at radius 1 is 1.44 bits per heavy atom. The molecule has 0 saturated carbocycles. The fourth-order valence-electron chi connectivity index (χ4n) is 1.93. The van der Waals surface area contributed by atoms with Crippen LogP contribution in [0.4, 0.5) is 5.69 Å². The van der Waals surface area contributed by atoms with Crippen molar-refractivity contribution in [3.8, 4) is 0 Å². The predicted octanol–water partition coefficient (Wildman–Crippen LogP) is 3.19. The summed E-state index contributed by atoms with van der Waals surface area (Å²) in [6.45, 7) is 2.67. The molecule has 0 amide bonds. The maximum atomic E-state index is 5.97. The van der Waals surface area contributed by atoms with Crippen LogP contribution >= 0.6 is 27.3 Å². The third-order valence-electron chi connectivity index (χ3n) is 2.72. The van der Waals surface area contributed by atoms with Crippen LogP contribution in [0.3, 0.4) is 0 Å². The van der Waals surface area contributed by atoms with Gasteiger partial charge in [-0.2, -0.15) is 5.10 Å². The average molecular weight is 323 g/mol. The van der Waals surface area contributed by atoms with Crippen LogP contribution in [0.1, 0.15) is 10.7 Å². The number of fused-ring (bicyclic) bond motifs is 1. The van der Waals surface area contributed by atoms with Crippen molar-refractivity contribution in [1.82, 2.24) is 14.8 Å². The van der Waals surface area contributed by atoms with Gasteiger partial charge >= 0.3 is 0 Å². The van der Waals surface area contributed by atoms with Gasteiger partial charge in [-0.15, -0.1) is 11.3 Å². The topological polar surface area (TPSA) is 56.7 Å². The molecule has 0 fully saturated rings. The van der Waals surface area contributed by atoms with E-state index in [0.717, 1.165) is 31.9 Å². The van der Waals surface area contributed by atoms with E-state index in [1.807, 2.05) is 35.2 Å². The summed E-state index contributed by atoms with van der Waals surface area (Å²) in [4.78, 5) is 4.46. The Balaban J connectivity index is 2.10. The van der Waals surface area contributed by atoms with Crippen molar-refractivity contribution in [3.63, 3.8) is 0 Å². The Labute approximate surface area is 117 Å². The van der Waals surface area contributed by atoms with Crippen molar-refractivity contribution in [2.45, 2.75) is 13.5 Å². The van der Waals surface area contributed by atoms with Gasteiger partial charge in [0.15, 0.2) is 0 Å². The van der Waals surface area contributed by atoms with Crippen LogP contribution in [0, 0.1) is 6.92 Å². The number of benzene rings is 1. The fraction of sp³-hybridized carbons (Fsp3) is 0.167. The first-order chi connectivity index (χ1) is 8.65. The van der Waals surface area contributed by atoms with Crippen LogP contribution in [0.25, 0.3) is 10.9 Å². The molecule has 0 unspecified atom stereocenters. The lowest BCUT2D eigenvalue weighted by atomic mass is 10.2. The number of aromatic nitrogens is 3. The molecule has 0 aliphatic rings. The largest absolute Gasteiger partial charge is 0.398 e. The lowest BCUT2D eigenvalue weighted by Gasteiger charge is -2.01. The summed E-state index contributed by atoms with van der Waals surface area (Å²) in [6.07, 6.45) is 0. The molecule has 0 spiro atoms. The molecule has 4 nitrogen and oxygen atoms in total. The molecule has 0 aliphatic carbocycles. The second-order valence-corrected chi connectivity index (χ2v) is 5.77. The first-order valence-corrected chi connectivity index (χ1v) is 7.14. The molecule has 1 aromatic carbocycles. The molecule has 6 heteroatoms. The van der Waals surface area contributed by atoms with Gasteiger partial charge in [-0.05, 0) is 35.0 Å². The molecule has 2 aromatic heterocycles. The Hall–Kier alpha value is -1.40. The minimum atomic E-state index is 0.671. The standard InChI is InChI=1S/C12H11BrN4S/c1-7-6-18-10(15-7)5-17-9-4-2-3-8(14)11(9)12(13)16-17/h2-4,6H,5,14H2,1H3. The van der Waals surface area contributed by atoms with Crippen LogP contribution in [0.2, 0.25) is 0 Å². The zero-order valence-corrected chi connectivity index (χ0v) is 12.1. The van der Waals surface area contributed by atoms with Crippen molar-refractivity contribution < 1.29 is 0 Å². The number of rotatable bonds is 2. The highest BCUT2D eigenvalue weighted by molar-refractivity contribution is 9.10. The van der Waals surface area contributed by atoms with Gasteiger partial charge in [0.25, 0.3) is 0 Å². The average Bonchev–Trinajstić information content (AvgIpc) is 2.86. The van der Waals surface area contributed by atoms with Crippen LogP contribution in [0.5, 0.6) is 0 Å². The molecule has 18 heavy (non-hydrogen) atoms. The van der Waals surface area contributed by atoms with Crippen LogP contribution < -0.4 is 5.73 Å². The summed E-state index contributed by atoms with van der Waals surface area (Å²) in [5.41, 5.74) is 8.78. The van der Waals surface area contributed by atoms with E-state index in [1.165, 1.54) is 0 Å². The van der Waals surface area contributed by atoms with Gasteiger partial charge in [0, 0.05) is 16.8 Å². The molecule has 0 saturated heterocycles.